The fourth-order valence-corrected chi connectivity index (χ4v) is 3.86. The summed E-state index contributed by atoms with van der Waals surface area (Å²) in [5, 5.41) is 3.10. The molecular weight excluding hydrogens is 362 g/mol. The summed E-state index contributed by atoms with van der Waals surface area (Å²) in [7, 11) is 6.26. The van der Waals surface area contributed by atoms with Crippen LogP contribution in [0.25, 0.3) is 0 Å². The minimum absolute atomic E-state index is 0.0642. The van der Waals surface area contributed by atoms with Crippen LogP contribution < -0.4 is 15.0 Å². The topological polar surface area (TPSA) is 44.8 Å². The van der Waals surface area contributed by atoms with Crippen LogP contribution in [0.2, 0.25) is 0 Å². The maximum atomic E-state index is 12.6. The van der Waals surface area contributed by atoms with Crippen LogP contribution in [-0.4, -0.2) is 51.1 Å². The molecule has 2 aromatic carbocycles. The second-order valence-electron chi connectivity index (χ2n) is 8.29. The lowest BCUT2D eigenvalue weighted by atomic mass is 9.96. The van der Waals surface area contributed by atoms with Gasteiger partial charge in [0.05, 0.1) is 12.1 Å². The zero-order valence-corrected chi connectivity index (χ0v) is 18.2. The molecule has 2 aromatic rings. The first-order chi connectivity index (χ1) is 13.8. The lowest BCUT2D eigenvalue weighted by Crippen LogP contribution is -2.34. The summed E-state index contributed by atoms with van der Waals surface area (Å²) in [4.78, 5) is 17.1. The maximum absolute atomic E-state index is 12.6. The second kappa shape index (κ2) is 9.31. The van der Waals surface area contributed by atoms with Crippen LogP contribution in [0.5, 0.6) is 5.75 Å². The lowest BCUT2D eigenvalue weighted by Gasteiger charge is -2.30. The molecule has 1 N–H and O–H groups in total. The molecule has 1 unspecified atom stereocenters. The normalized spacial score (nSPS) is 14.7. The number of amides is 1. The van der Waals surface area contributed by atoms with Crippen LogP contribution >= 0.6 is 0 Å². The fraction of sp³-hybridized carbons (Fsp3) is 0.458. The number of anilines is 1. The number of nitrogens with zero attached hydrogens (tertiary/aromatic N) is 2. The molecule has 0 aromatic heterocycles. The number of carbonyl (C=O) groups excluding carboxylic acids is 1. The van der Waals surface area contributed by atoms with Gasteiger partial charge in [0.2, 0.25) is 0 Å². The van der Waals surface area contributed by atoms with Crippen molar-refractivity contribution in [2.24, 2.45) is 0 Å². The summed E-state index contributed by atoms with van der Waals surface area (Å²) in [6.45, 7) is 5.65. The average Bonchev–Trinajstić information content (AvgIpc) is 2.68. The van der Waals surface area contributed by atoms with Gasteiger partial charge in [-0.05, 0) is 82.2 Å². The first kappa shape index (κ1) is 21.2. The van der Waals surface area contributed by atoms with Gasteiger partial charge in [-0.3, -0.25) is 4.79 Å². The van der Waals surface area contributed by atoms with Crippen molar-refractivity contribution in [2.75, 3.05) is 39.1 Å². The Balaban J connectivity index is 1.67. The molecule has 1 atom stereocenters. The zero-order chi connectivity index (χ0) is 21.0. The minimum Gasteiger partial charge on any atom is -0.491 e. The van der Waals surface area contributed by atoms with Crippen LogP contribution in [0.15, 0.2) is 42.5 Å². The molecule has 5 heteroatoms. The zero-order valence-electron chi connectivity index (χ0n) is 18.2. The highest BCUT2D eigenvalue weighted by atomic mass is 16.5. The van der Waals surface area contributed by atoms with E-state index in [9.17, 15) is 4.79 Å². The first-order valence-electron chi connectivity index (χ1n) is 10.4. The van der Waals surface area contributed by atoms with Crippen LogP contribution in [0, 0.1) is 0 Å². The molecule has 0 radical (unpaired) electrons. The van der Waals surface area contributed by atoms with E-state index in [-0.39, 0.29) is 18.1 Å². The second-order valence-corrected chi connectivity index (χ2v) is 8.29. The van der Waals surface area contributed by atoms with Crippen molar-refractivity contribution in [3.8, 4) is 5.75 Å². The van der Waals surface area contributed by atoms with Crippen molar-refractivity contribution >= 4 is 11.6 Å². The Bertz CT molecular complexity index is 831. The van der Waals surface area contributed by atoms with E-state index in [0.29, 0.717) is 12.1 Å². The van der Waals surface area contributed by atoms with Gasteiger partial charge < -0.3 is 19.9 Å². The number of ether oxygens (including phenoxy) is 1. The van der Waals surface area contributed by atoms with Gasteiger partial charge in [-0.1, -0.05) is 12.1 Å². The van der Waals surface area contributed by atoms with Gasteiger partial charge in [0.15, 0.2) is 0 Å². The minimum atomic E-state index is -0.0642. The molecule has 1 aliphatic heterocycles. The predicted octanol–water partition coefficient (Wildman–Crippen LogP) is 3.89. The van der Waals surface area contributed by atoms with Gasteiger partial charge in [0.25, 0.3) is 5.91 Å². The Morgan fingerprint density at radius 1 is 1.17 bits per heavy atom. The third-order valence-corrected chi connectivity index (χ3v) is 5.41. The van der Waals surface area contributed by atoms with Gasteiger partial charge >= 0.3 is 0 Å². The quantitative estimate of drug-likeness (QED) is 0.773. The molecule has 1 amide bonds. The van der Waals surface area contributed by atoms with E-state index in [0.717, 1.165) is 18.7 Å². The summed E-state index contributed by atoms with van der Waals surface area (Å²) in [6.07, 6.45) is 2.42. The van der Waals surface area contributed by atoms with Gasteiger partial charge in [0, 0.05) is 31.4 Å². The van der Waals surface area contributed by atoms with E-state index < -0.39 is 0 Å². The number of nitrogens with one attached hydrogen (secondary N) is 1. The van der Waals surface area contributed by atoms with Gasteiger partial charge in [0.1, 0.15) is 5.75 Å². The predicted molar refractivity (Wildman–Crippen MR) is 119 cm³/mol. The maximum Gasteiger partial charge on any atom is 0.251 e. The summed E-state index contributed by atoms with van der Waals surface area (Å²) >= 11 is 0. The molecule has 0 saturated heterocycles. The van der Waals surface area contributed by atoms with Crippen molar-refractivity contribution in [3.63, 3.8) is 0 Å². The SMILES string of the molecule is CC(C)Oc1ccc(C(=O)NCC(c2ccc3c(c2)CCCN3C)N(C)C)cc1. The van der Waals surface area contributed by atoms with Crippen molar-refractivity contribution in [1.29, 1.82) is 0 Å². The number of hydrogen-bond acceptors (Lipinski definition) is 4. The van der Waals surface area contributed by atoms with Crippen LogP contribution in [0.1, 0.15) is 47.8 Å². The molecule has 5 nitrogen and oxygen atoms in total. The first-order valence-corrected chi connectivity index (χ1v) is 10.4. The number of fused-ring (bicyclic) bond motifs is 1. The molecule has 156 valence electrons. The van der Waals surface area contributed by atoms with Gasteiger partial charge in [-0.2, -0.15) is 0 Å². The molecule has 0 aliphatic carbocycles. The number of carbonyl (C=O) groups is 1. The van der Waals surface area contributed by atoms with Gasteiger partial charge in [-0.15, -0.1) is 0 Å². The molecule has 0 saturated carbocycles. The van der Waals surface area contributed by atoms with Crippen LogP contribution in [0.4, 0.5) is 5.69 Å². The van der Waals surface area contributed by atoms with Crippen molar-refractivity contribution < 1.29 is 9.53 Å². The van der Waals surface area contributed by atoms with Crippen molar-refractivity contribution in [3.05, 3.63) is 59.2 Å². The Kier molecular flexibility index (Phi) is 6.80. The monoisotopic (exact) mass is 395 g/mol. The number of likely N-dealkylation sites (N-methyl/N-ethyl adjacent to an activating group) is 1. The number of aryl methyl sites for hydroxylation is 1. The third kappa shape index (κ3) is 5.30. The standard InChI is InChI=1S/C24H33N3O2/c1-17(2)29-21-11-8-18(9-12-21)24(28)25-16-23(26(3)4)20-10-13-22-19(15-20)7-6-14-27(22)5/h8-13,15,17,23H,6-7,14,16H2,1-5H3,(H,25,28). The largest absolute Gasteiger partial charge is 0.491 e. The Morgan fingerprint density at radius 3 is 2.55 bits per heavy atom. The third-order valence-electron chi connectivity index (χ3n) is 5.41. The molecule has 29 heavy (non-hydrogen) atoms. The molecule has 0 bridgehead atoms. The fourth-order valence-electron chi connectivity index (χ4n) is 3.86. The highest BCUT2D eigenvalue weighted by Crippen LogP contribution is 2.30. The van der Waals surface area contributed by atoms with E-state index in [2.05, 4.69) is 54.5 Å². The molecule has 1 heterocycles. The molecular formula is C24H33N3O2. The Labute approximate surface area is 174 Å². The van der Waals surface area contributed by atoms with E-state index in [4.69, 9.17) is 4.74 Å². The van der Waals surface area contributed by atoms with E-state index in [1.54, 1.807) is 0 Å². The average molecular weight is 396 g/mol. The summed E-state index contributed by atoms with van der Waals surface area (Å²) in [5.41, 5.74) is 4.61. The van der Waals surface area contributed by atoms with Crippen molar-refractivity contribution in [2.45, 2.75) is 38.8 Å². The summed E-state index contributed by atoms with van der Waals surface area (Å²) in [5.74, 6) is 0.715. The summed E-state index contributed by atoms with van der Waals surface area (Å²) < 4.78 is 5.65. The molecule has 0 fully saturated rings. The van der Waals surface area contributed by atoms with Crippen LogP contribution in [-0.2, 0) is 6.42 Å². The van der Waals surface area contributed by atoms with Gasteiger partial charge in [-0.25, -0.2) is 0 Å². The highest BCUT2D eigenvalue weighted by Gasteiger charge is 2.20. The number of hydrogen-bond donors (Lipinski definition) is 1. The summed E-state index contributed by atoms with van der Waals surface area (Å²) in [6, 6.07) is 14.2. The van der Waals surface area contributed by atoms with E-state index in [1.807, 2.05) is 38.1 Å². The smallest absolute Gasteiger partial charge is 0.251 e. The number of benzene rings is 2. The molecule has 0 spiro atoms. The molecule has 3 rings (SSSR count). The lowest BCUT2D eigenvalue weighted by molar-refractivity contribution is 0.0942. The highest BCUT2D eigenvalue weighted by molar-refractivity contribution is 5.94. The number of rotatable bonds is 7. The van der Waals surface area contributed by atoms with Crippen LogP contribution in [0.3, 0.4) is 0 Å². The van der Waals surface area contributed by atoms with E-state index in [1.165, 1.54) is 23.2 Å². The Morgan fingerprint density at radius 2 is 1.90 bits per heavy atom. The van der Waals surface area contributed by atoms with E-state index >= 15 is 0 Å². The van der Waals surface area contributed by atoms with Crippen molar-refractivity contribution in [1.82, 2.24) is 10.2 Å². The Hall–Kier alpha value is -2.53. The molecule has 1 aliphatic rings.